The molecule has 2 heterocycles. The summed E-state index contributed by atoms with van der Waals surface area (Å²) in [5.41, 5.74) is 1.21. The van der Waals surface area contributed by atoms with E-state index in [1.165, 1.54) is 29.7 Å². The fourth-order valence-corrected chi connectivity index (χ4v) is 3.97. The minimum atomic E-state index is -0.0325. The maximum Gasteiger partial charge on any atom is 0.263 e. The molecule has 1 unspecified atom stereocenters. The number of likely N-dealkylation sites (tertiary alicyclic amines) is 1. The molecule has 0 aliphatic carbocycles. The molecular weight excluding hydrogens is 334 g/mol. The summed E-state index contributed by atoms with van der Waals surface area (Å²) in [4.78, 5) is 19.9. The Labute approximate surface area is 153 Å². The van der Waals surface area contributed by atoms with Crippen LogP contribution in [0.3, 0.4) is 0 Å². The van der Waals surface area contributed by atoms with Gasteiger partial charge in [0.1, 0.15) is 10.6 Å². The molecule has 1 aliphatic heterocycles. The van der Waals surface area contributed by atoms with Crippen LogP contribution in [-0.4, -0.2) is 42.5 Å². The first-order valence-electron chi connectivity index (χ1n) is 8.82. The number of carbonyl (C=O) groups excluding carboxylic acids is 1. The van der Waals surface area contributed by atoms with Crippen molar-refractivity contribution in [2.45, 2.75) is 32.2 Å². The van der Waals surface area contributed by atoms with Gasteiger partial charge in [0.25, 0.3) is 5.91 Å². The van der Waals surface area contributed by atoms with E-state index < -0.39 is 0 Å². The van der Waals surface area contributed by atoms with Crippen molar-refractivity contribution in [3.63, 3.8) is 0 Å². The number of nitrogens with one attached hydrogen (secondary N) is 1. The normalized spacial score (nSPS) is 15.9. The molecule has 0 spiro atoms. The van der Waals surface area contributed by atoms with Gasteiger partial charge in [0, 0.05) is 6.54 Å². The lowest BCUT2D eigenvalue weighted by atomic mass is 10.1. The van der Waals surface area contributed by atoms with Crippen LogP contribution in [0, 0.1) is 0 Å². The number of rotatable bonds is 7. The molecule has 0 bridgehead atoms. The Morgan fingerprint density at radius 2 is 2.04 bits per heavy atom. The summed E-state index contributed by atoms with van der Waals surface area (Å²) in [5.74, 6) is 0.819. The Morgan fingerprint density at radius 3 is 2.64 bits per heavy atom. The quantitative estimate of drug-likeness (QED) is 0.824. The van der Waals surface area contributed by atoms with Crippen LogP contribution in [0.25, 0.3) is 0 Å². The van der Waals surface area contributed by atoms with Gasteiger partial charge in [-0.1, -0.05) is 19.1 Å². The zero-order valence-electron chi connectivity index (χ0n) is 14.8. The van der Waals surface area contributed by atoms with Crippen molar-refractivity contribution >= 4 is 17.2 Å². The van der Waals surface area contributed by atoms with E-state index in [0.717, 1.165) is 30.3 Å². The summed E-state index contributed by atoms with van der Waals surface area (Å²) in [6.45, 7) is 4.80. The standard InChI is InChI=1S/C19H25N3O2S/c1-3-18-20-13-17(25-18)19(23)21-12-16(22-10-4-5-11-22)14-6-8-15(24-2)9-7-14/h6-9,13,16H,3-5,10-12H2,1-2H3,(H,21,23). The predicted molar refractivity (Wildman–Crippen MR) is 100 cm³/mol. The van der Waals surface area contributed by atoms with Gasteiger partial charge >= 0.3 is 0 Å². The second-order valence-electron chi connectivity index (χ2n) is 6.21. The summed E-state index contributed by atoms with van der Waals surface area (Å²) < 4.78 is 5.25. The Bertz CT molecular complexity index is 693. The van der Waals surface area contributed by atoms with Crippen molar-refractivity contribution in [2.24, 2.45) is 0 Å². The average Bonchev–Trinajstić information content (AvgIpc) is 3.34. The van der Waals surface area contributed by atoms with Crippen LogP contribution >= 0.6 is 11.3 Å². The highest BCUT2D eigenvalue weighted by atomic mass is 32.1. The second-order valence-corrected chi connectivity index (χ2v) is 7.33. The third kappa shape index (κ3) is 4.38. The summed E-state index contributed by atoms with van der Waals surface area (Å²) in [6.07, 6.45) is 4.97. The van der Waals surface area contributed by atoms with Crippen LogP contribution in [0.2, 0.25) is 0 Å². The fraction of sp³-hybridized carbons (Fsp3) is 0.474. The third-order valence-electron chi connectivity index (χ3n) is 4.62. The SMILES string of the molecule is CCc1ncc(C(=O)NCC(c2ccc(OC)cc2)N2CCCC2)s1. The maximum atomic E-state index is 12.4. The van der Waals surface area contributed by atoms with Gasteiger partial charge in [-0.3, -0.25) is 9.69 Å². The minimum absolute atomic E-state index is 0.0325. The number of ether oxygens (including phenoxy) is 1. The Hall–Kier alpha value is -1.92. The first-order chi connectivity index (χ1) is 12.2. The molecule has 1 aromatic carbocycles. The van der Waals surface area contributed by atoms with E-state index in [1.54, 1.807) is 13.3 Å². The zero-order chi connectivity index (χ0) is 17.6. The average molecular weight is 359 g/mol. The van der Waals surface area contributed by atoms with Crippen molar-refractivity contribution in [1.29, 1.82) is 0 Å². The van der Waals surface area contributed by atoms with Gasteiger partial charge in [0.05, 0.1) is 24.4 Å². The van der Waals surface area contributed by atoms with Crippen LogP contribution in [-0.2, 0) is 6.42 Å². The van der Waals surface area contributed by atoms with Gasteiger partial charge < -0.3 is 10.1 Å². The number of methoxy groups -OCH3 is 1. The molecule has 25 heavy (non-hydrogen) atoms. The van der Waals surface area contributed by atoms with Crippen molar-refractivity contribution < 1.29 is 9.53 Å². The van der Waals surface area contributed by atoms with E-state index in [2.05, 4.69) is 27.3 Å². The lowest BCUT2D eigenvalue weighted by molar-refractivity contribution is 0.0941. The van der Waals surface area contributed by atoms with Crippen LogP contribution < -0.4 is 10.1 Å². The van der Waals surface area contributed by atoms with Crippen molar-refractivity contribution in [1.82, 2.24) is 15.2 Å². The van der Waals surface area contributed by atoms with E-state index in [-0.39, 0.29) is 11.9 Å². The molecule has 6 heteroatoms. The van der Waals surface area contributed by atoms with Crippen LogP contribution in [0.15, 0.2) is 30.5 Å². The Balaban J connectivity index is 1.69. The van der Waals surface area contributed by atoms with Crippen molar-refractivity contribution in [3.05, 3.63) is 45.9 Å². The maximum absolute atomic E-state index is 12.4. The number of aromatic nitrogens is 1. The summed E-state index contributed by atoms with van der Waals surface area (Å²) in [5, 5.41) is 4.10. The Morgan fingerprint density at radius 1 is 1.32 bits per heavy atom. The second kappa shape index (κ2) is 8.45. The topological polar surface area (TPSA) is 54.5 Å². The molecule has 1 aliphatic rings. The first-order valence-corrected chi connectivity index (χ1v) is 9.63. The number of aryl methyl sites for hydroxylation is 1. The highest BCUT2D eigenvalue weighted by molar-refractivity contribution is 7.13. The fourth-order valence-electron chi connectivity index (χ4n) is 3.19. The molecule has 1 saturated heterocycles. The number of hydrogen-bond donors (Lipinski definition) is 1. The van der Waals surface area contributed by atoms with Gasteiger partial charge in [-0.15, -0.1) is 11.3 Å². The smallest absolute Gasteiger partial charge is 0.263 e. The molecule has 1 aromatic heterocycles. The summed E-state index contributed by atoms with van der Waals surface area (Å²) in [6, 6.07) is 8.34. The van der Waals surface area contributed by atoms with Gasteiger partial charge in [0.2, 0.25) is 0 Å². The number of amides is 1. The zero-order valence-corrected chi connectivity index (χ0v) is 15.6. The molecular formula is C19H25N3O2S. The highest BCUT2D eigenvalue weighted by Crippen LogP contribution is 2.26. The number of thiazole rings is 1. The van der Waals surface area contributed by atoms with E-state index in [9.17, 15) is 4.79 Å². The number of nitrogens with zero attached hydrogens (tertiary/aromatic N) is 2. The molecule has 0 saturated carbocycles. The van der Waals surface area contributed by atoms with Crippen LogP contribution in [0.4, 0.5) is 0 Å². The molecule has 1 atom stereocenters. The molecule has 1 amide bonds. The lowest BCUT2D eigenvalue weighted by Crippen LogP contribution is -2.36. The number of carbonyl (C=O) groups is 1. The molecule has 1 fully saturated rings. The largest absolute Gasteiger partial charge is 0.497 e. The van der Waals surface area contributed by atoms with Gasteiger partial charge in [-0.05, 0) is 50.0 Å². The van der Waals surface area contributed by atoms with E-state index >= 15 is 0 Å². The van der Waals surface area contributed by atoms with Crippen LogP contribution in [0.1, 0.15) is 46.0 Å². The van der Waals surface area contributed by atoms with Crippen molar-refractivity contribution in [3.8, 4) is 5.75 Å². The van der Waals surface area contributed by atoms with Gasteiger partial charge in [-0.2, -0.15) is 0 Å². The van der Waals surface area contributed by atoms with E-state index in [0.29, 0.717) is 11.4 Å². The van der Waals surface area contributed by atoms with Gasteiger partial charge in [-0.25, -0.2) is 4.98 Å². The highest BCUT2D eigenvalue weighted by Gasteiger charge is 2.24. The van der Waals surface area contributed by atoms with E-state index in [4.69, 9.17) is 4.74 Å². The number of benzene rings is 1. The predicted octanol–water partition coefficient (Wildman–Crippen LogP) is 3.28. The molecule has 134 valence electrons. The molecule has 2 aromatic rings. The first kappa shape index (κ1) is 17.9. The Kier molecular flexibility index (Phi) is 6.04. The molecule has 5 nitrogen and oxygen atoms in total. The minimum Gasteiger partial charge on any atom is -0.497 e. The van der Waals surface area contributed by atoms with Gasteiger partial charge in [0.15, 0.2) is 0 Å². The van der Waals surface area contributed by atoms with Crippen LogP contribution in [0.5, 0.6) is 5.75 Å². The van der Waals surface area contributed by atoms with Crippen molar-refractivity contribution in [2.75, 3.05) is 26.7 Å². The summed E-state index contributed by atoms with van der Waals surface area (Å²) in [7, 11) is 1.67. The lowest BCUT2D eigenvalue weighted by Gasteiger charge is -2.28. The molecule has 3 rings (SSSR count). The molecule has 1 N–H and O–H groups in total. The third-order valence-corrected chi connectivity index (χ3v) is 5.76. The molecule has 0 radical (unpaired) electrons. The van der Waals surface area contributed by atoms with E-state index in [1.807, 2.05) is 19.1 Å². The number of hydrogen-bond acceptors (Lipinski definition) is 5. The monoisotopic (exact) mass is 359 g/mol. The summed E-state index contributed by atoms with van der Waals surface area (Å²) >= 11 is 1.47.